The van der Waals surface area contributed by atoms with E-state index >= 15 is 0 Å². The second-order valence-electron chi connectivity index (χ2n) is 7.37. The van der Waals surface area contributed by atoms with Gasteiger partial charge in [0.25, 0.3) is 5.91 Å². The van der Waals surface area contributed by atoms with Crippen LogP contribution in [-0.4, -0.2) is 41.7 Å². The number of rotatable bonds is 7. The van der Waals surface area contributed by atoms with Gasteiger partial charge in [-0.15, -0.1) is 0 Å². The number of fused-ring (bicyclic) bond motifs is 1. The molecule has 0 saturated heterocycles. The first kappa shape index (κ1) is 22.6. The van der Waals surface area contributed by atoms with Crippen LogP contribution in [-0.2, 0) is 10.0 Å². The Hall–Kier alpha value is -3.56. The largest absolute Gasteiger partial charge is 0.338 e. The summed E-state index contributed by atoms with van der Waals surface area (Å²) < 4.78 is 41.1. The van der Waals surface area contributed by atoms with Gasteiger partial charge < -0.3 is 10.3 Å². The second-order valence-corrected chi connectivity index (χ2v) is 9.30. The summed E-state index contributed by atoms with van der Waals surface area (Å²) in [6.45, 7) is 3.98. The average Bonchev–Trinajstić information content (AvgIpc) is 3.24. The summed E-state index contributed by atoms with van der Waals surface area (Å²) in [6.07, 6.45) is 0. The Morgan fingerprint density at radius 2 is 1.73 bits per heavy atom. The molecule has 0 bridgehead atoms. The Morgan fingerprint density at radius 1 is 1.03 bits per heavy atom. The quantitative estimate of drug-likeness (QED) is 0.414. The summed E-state index contributed by atoms with van der Waals surface area (Å²) in [7, 11) is -3.82. The Morgan fingerprint density at radius 3 is 2.39 bits per heavy atom. The molecule has 7 nitrogen and oxygen atoms in total. The number of para-hydroxylation sites is 2. The number of H-pyrrole nitrogens is 1. The van der Waals surface area contributed by atoms with Crippen molar-refractivity contribution in [1.29, 1.82) is 0 Å². The van der Waals surface area contributed by atoms with Gasteiger partial charge in [-0.1, -0.05) is 26.0 Å². The highest BCUT2D eigenvalue weighted by molar-refractivity contribution is 7.89. The molecule has 9 heteroatoms. The van der Waals surface area contributed by atoms with Crippen molar-refractivity contribution in [3.05, 3.63) is 78.1 Å². The van der Waals surface area contributed by atoms with Crippen LogP contribution in [0.5, 0.6) is 0 Å². The Bertz CT molecular complexity index is 1380. The number of hydrogen-bond donors (Lipinski definition) is 2. The van der Waals surface area contributed by atoms with Gasteiger partial charge in [0, 0.05) is 24.3 Å². The third-order valence-corrected chi connectivity index (χ3v) is 7.38. The number of aromatic nitrogens is 2. The molecule has 0 fully saturated rings. The van der Waals surface area contributed by atoms with E-state index in [1.165, 1.54) is 10.4 Å². The molecule has 0 spiro atoms. The number of nitrogens with zero attached hydrogens (tertiary/aromatic N) is 2. The molecular formula is C24H23FN4O3S. The molecule has 1 aromatic heterocycles. The number of carbonyl (C=O) groups excluding carboxylic acids is 1. The molecule has 0 aliphatic heterocycles. The molecule has 4 aromatic rings. The van der Waals surface area contributed by atoms with E-state index < -0.39 is 21.7 Å². The number of benzene rings is 3. The van der Waals surface area contributed by atoms with Crippen LogP contribution in [0.4, 0.5) is 10.1 Å². The number of nitrogens with one attached hydrogen (secondary N) is 2. The van der Waals surface area contributed by atoms with E-state index in [0.717, 1.165) is 28.7 Å². The van der Waals surface area contributed by atoms with Gasteiger partial charge in [0.1, 0.15) is 11.6 Å². The number of sulfonamides is 1. The number of aromatic amines is 1. The van der Waals surface area contributed by atoms with Crippen molar-refractivity contribution in [3.63, 3.8) is 0 Å². The standard InChI is InChI=1S/C24H23FN4O3S/c1-3-29(4-2)33(31,32)18-13-14-20(25)19(15-18)24(30)26-17-11-9-16(10-12-17)23-27-21-7-5-6-8-22(21)28-23/h5-15H,3-4H2,1-2H3,(H,26,30)(H,27,28). The lowest BCUT2D eigenvalue weighted by Crippen LogP contribution is -2.31. The first-order valence-corrected chi connectivity index (χ1v) is 11.9. The van der Waals surface area contributed by atoms with E-state index in [1.54, 1.807) is 38.1 Å². The molecule has 0 aliphatic rings. The number of imidazole rings is 1. The molecule has 2 N–H and O–H groups in total. The molecule has 1 heterocycles. The summed E-state index contributed by atoms with van der Waals surface area (Å²) in [5, 5.41) is 2.62. The number of hydrogen-bond acceptors (Lipinski definition) is 4. The van der Waals surface area contributed by atoms with Crippen LogP contribution in [0.2, 0.25) is 0 Å². The van der Waals surface area contributed by atoms with E-state index in [9.17, 15) is 17.6 Å². The average molecular weight is 467 g/mol. The Balaban J connectivity index is 1.56. The van der Waals surface area contributed by atoms with Crippen LogP contribution in [0.1, 0.15) is 24.2 Å². The SMILES string of the molecule is CCN(CC)S(=O)(=O)c1ccc(F)c(C(=O)Nc2ccc(-c3nc4ccccc4[nH]3)cc2)c1. The molecule has 170 valence electrons. The zero-order chi connectivity index (χ0) is 23.6. The Labute approximate surface area is 191 Å². The fourth-order valence-corrected chi connectivity index (χ4v) is 5.04. The lowest BCUT2D eigenvalue weighted by Gasteiger charge is -2.19. The van der Waals surface area contributed by atoms with Gasteiger partial charge in [0.15, 0.2) is 0 Å². The topological polar surface area (TPSA) is 95.2 Å². The molecule has 0 aliphatic carbocycles. The summed E-state index contributed by atoms with van der Waals surface area (Å²) in [5.41, 5.74) is 2.68. The molecule has 4 rings (SSSR count). The second kappa shape index (κ2) is 9.13. The fraction of sp³-hybridized carbons (Fsp3) is 0.167. The highest BCUT2D eigenvalue weighted by atomic mass is 32.2. The van der Waals surface area contributed by atoms with Crippen LogP contribution in [0.25, 0.3) is 22.4 Å². The first-order valence-electron chi connectivity index (χ1n) is 10.5. The minimum absolute atomic E-state index is 0.127. The maximum Gasteiger partial charge on any atom is 0.258 e. The van der Waals surface area contributed by atoms with Gasteiger partial charge in [0.2, 0.25) is 10.0 Å². The van der Waals surface area contributed by atoms with Crippen LogP contribution in [0, 0.1) is 5.82 Å². The molecule has 0 unspecified atom stereocenters. The minimum atomic E-state index is -3.82. The van der Waals surface area contributed by atoms with E-state index in [1.807, 2.05) is 24.3 Å². The molecule has 33 heavy (non-hydrogen) atoms. The van der Waals surface area contributed by atoms with Gasteiger partial charge in [-0.05, 0) is 54.6 Å². The van der Waals surface area contributed by atoms with E-state index in [4.69, 9.17) is 0 Å². The number of amides is 1. The van der Waals surface area contributed by atoms with Crippen molar-refractivity contribution in [2.75, 3.05) is 18.4 Å². The zero-order valence-electron chi connectivity index (χ0n) is 18.2. The summed E-state index contributed by atoms with van der Waals surface area (Å²) in [4.78, 5) is 20.4. The van der Waals surface area contributed by atoms with Crippen molar-refractivity contribution < 1.29 is 17.6 Å². The normalized spacial score (nSPS) is 11.8. The zero-order valence-corrected chi connectivity index (χ0v) is 19.0. The van der Waals surface area contributed by atoms with Gasteiger partial charge in [-0.2, -0.15) is 4.31 Å². The van der Waals surface area contributed by atoms with E-state index in [2.05, 4.69) is 15.3 Å². The lowest BCUT2D eigenvalue weighted by molar-refractivity contribution is 0.102. The van der Waals surface area contributed by atoms with Crippen molar-refractivity contribution in [1.82, 2.24) is 14.3 Å². The Kier molecular flexibility index (Phi) is 6.26. The molecule has 0 radical (unpaired) electrons. The van der Waals surface area contributed by atoms with Gasteiger partial charge in [-0.25, -0.2) is 17.8 Å². The lowest BCUT2D eigenvalue weighted by atomic mass is 10.1. The molecule has 0 atom stereocenters. The molecule has 1 amide bonds. The van der Waals surface area contributed by atoms with Gasteiger partial charge in [-0.3, -0.25) is 4.79 Å². The highest BCUT2D eigenvalue weighted by Gasteiger charge is 2.24. The van der Waals surface area contributed by atoms with Crippen molar-refractivity contribution in [2.45, 2.75) is 18.7 Å². The number of carbonyl (C=O) groups is 1. The predicted octanol–water partition coefficient (Wildman–Crippen LogP) is 4.65. The smallest absolute Gasteiger partial charge is 0.258 e. The maximum absolute atomic E-state index is 14.4. The van der Waals surface area contributed by atoms with E-state index in [0.29, 0.717) is 11.5 Å². The summed E-state index contributed by atoms with van der Waals surface area (Å²) >= 11 is 0. The van der Waals surface area contributed by atoms with E-state index in [-0.39, 0.29) is 23.5 Å². The fourth-order valence-electron chi connectivity index (χ4n) is 3.55. The molecular weight excluding hydrogens is 443 g/mol. The van der Waals surface area contributed by atoms with Crippen LogP contribution < -0.4 is 5.32 Å². The minimum Gasteiger partial charge on any atom is -0.338 e. The highest BCUT2D eigenvalue weighted by Crippen LogP contribution is 2.23. The van der Waals surface area contributed by atoms with Crippen LogP contribution >= 0.6 is 0 Å². The first-order chi connectivity index (χ1) is 15.8. The van der Waals surface area contributed by atoms with Crippen LogP contribution in [0.3, 0.4) is 0 Å². The third kappa shape index (κ3) is 4.50. The molecule has 3 aromatic carbocycles. The monoisotopic (exact) mass is 466 g/mol. The maximum atomic E-state index is 14.4. The summed E-state index contributed by atoms with van der Waals surface area (Å²) in [5.74, 6) is -0.847. The van der Waals surface area contributed by atoms with Crippen LogP contribution in [0.15, 0.2) is 71.6 Å². The van der Waals surface area contributed by atoms with Crippen molar-refractivity contribution in [3.8, 4) is 11.4 Å². The summed E-state index contributed by atoms with van der Waals surface area (Å²) in [6, 6.07) is 17.8. The third-order valence-electron chi connectivity index (χ3n) is 5.33. The van der Waals surface area contributed by atoms with Crippen molar-refractivity contribution >= 4 is 32.7 Å². The van der Waals surface area contributed by atoms with Gasteiger partial charge in [0.05, 0.1) is 21.5 Å². The predicted molar refractivity (Wildman–Crippen MR) is 126 cm³/mol. The number of anilines is 1. The van der Waals surface area contributed by atoms with Crippen molar-refractivity contribution in [2.24, 2.45) is 0 Å². The molecule has 0 saturated carbocycles. The van der Waals surface area contributed by atoms with Gasteiger partial charge >= 0.3 is 0 Å². The number of halogens is 1.